The first-order chi connectivity index (χ1) is 8.06. The SMILES string of the molecule is CC(=O)N1CCC2(CC1)CCN(C(=O)CCl)C2. The van der Waals surface area contributed by atoms with E-state index in [-0.39, 0.29) is 23.1 Å². The number of amides is 2. The second kappa shape index (κ2) is 4.84. The highest BCUT2D eigenvalue weighted by Gasteiger charge is 2.42. The normalized spacial score (nSPS) is 23.2. The van der Waals surface area contributed by atoms with Gasteiger partial charge >= 0.3 is 0 Å². The van der Waals surface area contributed by atoms with Crippen LogP contribution < -0.4 is 0 Å². The van der Waals surface area contributed by atoms with Crippen LogP contribution in [-0.4, -0.2) is 53.7 Å². The second-order valence-corrected chi connectivity index (χ2v) is 5.47. The lowest BCUT2D eigenvalue weighted by Gasteiger charge is -2.38. The summed E-state index contributed by atoms with van der Waals surface area (Å²) in [6, 6.07) is 0. The lowest BCUT2D eigenvalue weighted by Crippen LogP contribution is -2.44. The molecule has 0 bridgehead atoms. The second-order valence-electron chi connectivity index (χ2n) is 5.20. The molecule has 2 saturated heterocycles. The third-order valence-corrected chi connectivity index (χ3v) is 4.40. The molecule has 2 aliphatic rings. The summed E-state index contributed by atoms with van der Waals surface area (Å²) in [4.78, 5) is 26.6. The quantitative estimate of drug-likeness (QED) is 0.661. The summed E-state index contributed by atoms with van der Waals surface area (Å²) in [5.41, 5.74) is 0.244. The van der Waals surface area contributed by atoms with Gasteiger partial charge in [-0.1, -0.05) is 0 Å². The van der Waals surface area contributed by atoms with E-state index in [0.717, 1.165) is 45.4 Å². The molecule has 2 amide bonds. The highest BCUT2D eigenvalue weighted by atomic mass is 35.5. The average molecular weight is 259 g/mol. The molecule has 2 aliphatic heterocycles. The largest absolute Gasteiger partial charge is 0.343 e. The molecule has 0 radical (unpaired) electrons. The van der Waals surface area contributed by atoms with Gasteiger partial charge in [0.05, 0.1) is 0 Å². The van der Waals surface area contributed by atoms with Crippen molar-refractivity contribution in [3.05, 3.63) is 0 Å². The fraction of sp³-hybridized carbons (Fsp3) is 0.833. The Labute approximate surface area is 107 Å². The van der Waals surface area contributed by atoms with Gasteiger partial charge in [0.25, 0.3) is 0 Å². The summed E-state index contributed by atoms with van der Waals surface area (Å²) in [7, 11) is 0. The molecule has 1 spiro atoms. The van der Waals surface area contributed by atoms with Crippen molar-refractivity contribution < 1.29 is 9.59 Å². The van der Waals surface area contributed by atoms with E-state index in [4.69, 9.17) is 11.6 Å². The maximum absolute atomic E-state index is 11.5. The summed E-state index contributed by atoms with van der Waals surface area (Å²) in [5, 5.41) is 0. The Bertz CT molecular complexity index is 324. The van der Waals surface area contributed by atoms with E-state index in [1.165, 1.54) is 0 Å². The lowest BCUT2D eigenvalue weighted by molar-refractivity contribution is -0.132. The molecule has 5 heteroatoms. The van der Waals surface area contributed by atoms with Gasteiger partial charge in [0.1, 0.15) is 5.88 Å². The third kappa shape index (κ3) is 2.57. The predicted octanol–water partition coefficient (Wildman–Crippen LogP) is 1.09. The molecule has 0 atom stereocenters. The number of likely N-dealkylation sites (tertiary alicyclic amines) is 2. The van der Waals surface area contributed by atoms with Gasteiger partial charge in [-0.2, -0.15) is 0 Å². The summed E-state index contributed by atoms with van der Waals surface area (Å²) in [6.45, 7) is 4.93. The zero-order chi connectivity index (χ0) is 12.5. The molecular weight excluding hydrogens is 240 g/mol. The monoisotopic (exact) mass is 258 g/mol. The van der Waals surface area contributed by atoms with Crippen molar-refractivity contribution in [3.8, 4) is 0 Å². The molecule has 0 aromatic rings. The molecule has 17 heavy (non-hydrogen) atoms. The highest BCUT2D eigenvalue weighted by molar-refractivity contribution is 6.27. The maximum Gasteiger partial charge on any atom is 0.237 e. The number of hydrogen-bond donors (Lipinski definition) is 0. The zero-order valence-corrected chi connectivity index (χ0v) is 11.0. The van der Waals surface area contributed by atoms with Gasteiger partial charge in [-0.3, -0.25) is 9.59 Å². The summed E-state index contributed by atoms with van der Waals surface area (Å²) in [6.07, 6.45) is 3.08. The van der Waals surface area contributed by atoms with E-state index in [1.807, 2.05) is 9.80 Å². The van der Waals surface area contributed by atoms with Gasteiger partial charge in [0.2, 0.25) is 11.8 Å². The van der Waals surface area contributed by atoms with Crippen molar-refractivity contribution in [2.24, 2.45) is 5.41 Å². The Morgan fingerprint density at radius 1 is 1.12 bits per heavy atom. The van der Waals surface area contributed by atoms with Crippen LogP contribution in [0.1, 0.15) is 26.2 Å². The standard InChI is InChI=1S/C12H19ClN2O2/c1-10(16)14-5-2-12(3-6-14)4-7-15(9-12)11(17)8-13/h2-9H2,1H3. The van der Waals surface area contributed by atoms with Crippen molar-refractivity contribution in [1.29, 1.82) is 0 Å². The number of halogens is 1. The Hall–Kier alpha value is -0.770. The number of rotatable bonds is 1. The number of carbonyl (C=O) groups is 2. The Morgan fingerprint density at radius 2 is 1.65 bits per heavy atom. The predicted molar refractivity (Wildman–Crippen MR) is 65.8 cm³/mol. The van der Waals surface area contributed by atoms with E-state index in [2.05, 4.69) is 0 Å². The van der Waals surface area contributed by atoms with Crippen LogP contribution >= 0.6 is 11.6 Å². The smallest absolute Gasteiger partial charge is 0.237 e. The lowest BCUT2D eigenvalue weighted by atomic mass is 9.78. The van der Waals surface area contributed by atoms with Gasteiger partial charge in [-0.15, -0.1) is 11.6 Å². The molecule has 0 N–H and O–H groups in total. The van der Waals surface area contributed by atoms with Crippen LogP contribution in [0, 0.1) is 5.41 Å². The van der Waals surface area contributed by atoms with Crippen LogP contribution in [0.3, 0.4) is 0 Å². The number of carbonyl (C=O) groups excluding carboxylic acids is 2. The summed E-state index contributed by atoms with van der Waals surface area (Å²) in [5.74, 6) is 0.277. The first-order valence-corrected chi connectivity index (χ1v) is 6.69. The van der Waals surface area contributed by atoms with Gasteiger partial charge in [-0.25, -0.2) is 0 Å². The van der Waals surface area contributed by atoms with Gasteiger partial charge < -0.3 is 9.80 Å². The van der Waals surface area contributed by atoms with Crippen LogP contribution in [0.4, 0.5) is 0 Å². The molecule has 2 rings (SSSR count). The molecule has 2 fully saturated rings. The minimum Gasteiger partial charge on any atom is -0.343 e. The number of nitrogens with zero attached hydrogens (tertiary/aromatic N) is 2. The maximum atomic E-state index is 11.5. The molecule has 4 nitrogen and oxygen atoms in total. The number of piperidine rings is 1. The minimum atomic E-state index is 0.0394. The molecule has 0 aromatic heterocycles. The van der Waals surface area contributed by atoms with Crippen LogP contribution in [0.25, 0.3) is 0 Å². The number of hydrogen-bond acceptors (Lipinski definition) is 2. The molecule has 2 heterocycles. The van der Waals surface area contributed by atoms with Crippen molar-refractivity contribution >= 4 is 23.4 Å². The number of alkyl halides is 1. The van der Waals surface area contributed by atoms with E-state index in [9.17, 15) is 9.59 Å². The molecule has 0 aliphatic carbocycles. The van der Waals surface area contributed by atoms with Crippen LogP contribution in [0.15, 0.2) is 0 Å². The average Bonchev–Trinajstić information content (AvgIpc) is 2.73. The molecule has 96 valence electrons. The molecule has 0 saturated carbocycles. The Kier molecular flexibility index (Phi) is 3.61. The van der Waals surface area contributed by atoms with E-state index < -0.39 is 0 Å². The van der Waals surface area contributed by atoms with Crippen LogP contribution in [0.5, 0.6) is 0 Å². The summed E-state index contributed by atoms with van der Waals surface area (Å²) < 4.78 is 0. The van der Waals surface area contributed by atoms with Crippen molar-refractivity contribution in [2.45, 2.75) is 26.2 Å². The van der Waals surface area contributed by atoms with Crippen molar-refractivity contribution in [1.82, 2.24) is 9.80 Å². The van der Waals surface area contributed by atoms with E-state index in [1.54, 1.807) is 6.92 Å². The highest BCUT2D eigenvalue weighted by Crippen LogP contribution is 2.40. The zero-order valence-electron chi connectivity index (χ0n) is 10.2. The molecule has 0 unspecified atom stereocenters. The van der Waals surface area contributed by atoms with Gasteiger partial charge in [0, 0.05) is 33.1 Å². The Balaban J connectivity index is 1.92. The first-order valence-electron chi connectivity index (χ1n) is 6.16. The fourth-order valence-electron chi connectivity index (χ4n) is 2.94. The van der Waals surface area contributed by atoms with E-state index in [0.29, 0.717) is 0 Å². The minimum absolute atomic E-state index is 0.0394. The van der Waals surface area contributed by atoms with Crippen LogP contribution in [0.2, 0.25) is 0 Å². The summed E-state index contributed by atoms with van der Waals surface area (Å²) >= 11 is 5.58. The third-order valence-electron chi connectivity index (χ3n) is 4.17. The first kappa shape index (κ1) is 12.7. The molecule has 0 aromatic carbocycles. The van der Waals surface area contributed by atoms with Gasteiger partial charge in [0.15, 0.2) is 0 Å². The fourth-order valence-corrected chi connectivity index (χ4v) is 3.11. The van der Waals surface area contributed by atoms with Crippen molar-refractivity contribution in [2.75, 3.05) is 32.1 Å². The van der Waals surface area contributed by atoms with Crippen LogP contribution in [-0.2, 0) is 9.59 Å². The van der Waals surface area contributed by atoms with E-state index >= 15 is 0 Å². The topological polar surface area (TPSA) is 40.6 Å². The van der Waals surface area contributed by atoms with Gasteiger partial charge in [-0.05, 0) is 24.7 Å². The molecular formula is C12H19ClN2O2. The Morgan fingerprint density at radius 3 is 2.12 bits per heavy atom. The van der Waals surface area contributed by atoms with Crippen molar-refractivity contribution in [3.63, 3.8) is 0 Å².